The smallest absolute Gasteiger partial charge is 0.257 e. The van der Waals surface area contributed by atoms with Crippen molar-refractivity contribution in [3.8, 4) is 5.75 Å². The largest absolute Gasteiger partial charge is 0.493 e. The van der Waals surface area contributed by atoms with Gasteiger partial charge >= 0.3 is 0 Å². The zero-order valence-corrected chi connectivity index (χ0v) is 18.9. The van der Waals surface area contributed by atoms with Crippen molar-refractivity contribution in [3.63, 3.8) is 0 Å². The lowest BCUT2D eigenvalue weighted by Crippen LogP contribution is -2.35. The standard InChI is InChI=1S/C23H29N3O4S/c1-16(2)15-30-18-9-6-8-17(14-18)21(27)26-23(31)25-20-11-5-4-10-19(20)22(28)24-12-7-13-29-3/h4-6,8-11,14,16H,7,12-13,15H2,1-3H3,(H,24,28)(H2,25,26,27,31). The second-order valence-corrected chi connectivity index (χ2v) is 7.70. The molecule has 2 aromatic rings. The lowest BCUT2D eigenvalue weighted by Gasteiger charge is -2.14. The van der Waals surface area contributed by atoms with Gasteiger partial charge in [-0.25, -0.2) is 0 Å². The Morgan fingerprint density at radius 1 is 1.06 bits per heavy atom. The Hall–Kier alpha value is -2.97. The van der Waals surface area contributed by atoms with E-state index in [-0.39, 0.29) is 16.9 Å². The van der Waals surface area contributed by atoms with Crippen LogP contribution in [0, 0.1) is 5.92 Å². The van der Waals surface area contributed by atoms with E-state index in [1.807, 2.05) is 0 Å². The van der Waals surface area contributed by atoms with Gasteiger partial charge in [0.05, 0.1) is 17.9 Å². The van der Waals surface area contributed by atoms with E-state index >= 15 is 0 Å². The van der Waals surface area contributed by atoms with Crippen molar-refractivity contribution in [2.75, 3.05) is 32.2 Å². The maximum absolute atomic E-state index is 12.6. The van der Waals surface area contributed by atoms with Crippen LogP contribution >= 0.6 is 12.2 Å². The van der Waals surface area contributed by atoms with Crippen molar-refractivity contribution < 1.29 is 19.1 Å². The van der Waals surface area contributed by atoms with E-state index in [0.29, 0.717) is 54.7 Å². The lowest BCUT2D eigenvalue weighted by molar-refractivity contribution is 0.0947. The fourth-order valence-electron chi connectivity index (χ4n) is 2.62. The highest BCUT2D eigenvalue weighted by Crippen LogP contribution is 2.16. The molecule has 2 amide bonds. The molecule has 166 valence electrons. The second kappa shape index (κ2) is 12.7. The second-order valence-electron chi connectivity index (χ2n) is 7.29. The van der Waals surface area contributed by atoms with Crippen molar-refractivity contribution in [2.45, 2.75) is 20.3 Å². The molecule has 0 spiro atoms. The van der Waals surface area contributed by atoms with Crippen LogP contribution in [0.25, 0.3) is 0 Å². The number of amides is 2. The minimum Gasteiger partial charge on any atom is -0.493 e. The van der Waals surface area contributed by atoms with Crippen molar-refractivity contribution in [1.82, 2.24) is 10.6 Å². The molecule has 0 aliphatic heterocycles. The Bertz CT molecular complexity index is 902. The molecule has 0 bridgehead atoms. The molecule has 0 saturated heterocycles. The van der Waals surface area contributed by atoms with Gasteiger partial charge in [0.1, 0.15) is 5.75 Å². The summed E-state index contributed by atoms with van der Waals surface area (Å²) in [5.74, 6) is 0.402. The van der Waals surface area contributed by atoms with E-state index < -0.39 is 0 Å². The average Bonchev–Trinajstić information content (AvgIpc) is 2.75. The summed E-state index contributed by atoms with van der Waals surface area (Å²) in [7, 11) is 1.62. The minimum atomic E-state index is -0.367. The third-order valence-electron chi connectivity index (χ3n) is 4.14. The predicted octanol–water partition coefficient (Wildman–Crippen LogP) is 3.61. The highest BCUT2D eigenvalue weighted by Gasteiger charge is 2.14. The molecular formula is C23H29N3O4S. The van der Waals surface area contributed by atoms with Crippen LogP contribution in [0.5, 0.6) is 5.75 Å². The van der Waals surface area contributed by atoms with Crippen LogP contribution in [-0.2, 0) is 4.74 Å². The molecule has 0 atom stereocenters. The number of benzene rings is 2. The number of methoxy groups -OCH3 is 1. The lowest BCUT2D eigenvalue weighted by atomic mass is 10.1. The molecule has 7 nitrogen and oxygen atoms in total. The highest BCUT2D eigenvalue weighted by molar-refractivity contribution is 7.80. The van der Waals surface area contributed by atoms with E-state index in [4.69, 9.17) is 21.7 Å². The SMILES string of the molecule is COCCCNC(=O)c1ccccc1NC(=S)NC(=O)c1cccc(OCC(C)C)c1. The molecule has 31 heavy (non-hydrogen) atoms. The predicted molar refractivity (Wildman–Crippen MR) is 126 cm³/mol. The van der Waals surface area contributed by atoms with Crippen LogP contribution in [0.1, 0.15) is 41.0 Å². The molecule has 0 aromatic heterocycles. The minimum absolute atomic E-state index is 0.0955. The molecule has 0 aliphatic carbocycles. The molecule has 2 aromatic carbocycles. The van der Waals surface area contributed by atoms with E-state index in [0.717, 1.165) is 0 Å². The van der Waals surface area contributed by atoms with Crippen LogP contribution in [-0.4, -0.2) is 43.8 Å². The summed E-state index contributed by atoms with van der Waals surface area (Å²) in [5, 5.41) is 8.50. The number of hydrogen-bond donors (Lipinski definition) is 3. The Morgan fingerprint density at radius 2 is 1.84 bits per heavy atom. The number of ether oxygens (including phenoxy) is 2. The van der Waals surface area contributed by atoms with Crippen LogP contribution in [0.2, 0.25) is 0 Å². The number of hydrogen-bond acceptors (Lipinski definition) is 5. The Labute approximate surface area is 188 Å². The van der Waals surface area contributed by atoms with Crippen molar-refractivity contribution in [1.29, 1.82) is 0 Å². The zero-order chi connectivity index (χ0) is 22.6. The quantitative estimate of drug-likeness (QED) is 0.384. The maximum Gasteiger partial charge on any atom is 0.257 e. The Morgan fingerprint density at radius 3 is 2.58 bits per heavy atom. The number of thiocarbonyl (C=S) groups is 1. The number of para-hydroxylation sites is 1. The van der Waals surface area contributed by atoms with Gasteiger partial charge in [0.15, 0.2) is 5.11 Å². The van der Waals surface area contributed by atoms with Gasteiger partial charge in [-0.15, -0.1) is 0 Å². The molecule has 0 fully saturated rings. The van der Waals surface area contributed by atoms with Gasteiger partial charge in [-0.2, -0.15) is 0 Å². The maximum atomic E-state index is 12.6. The summed E-state index contributed by atoms with van der Waals surface area (Å²) in [5.41, 5.74) is 1.36. The number of rotatable bonds is 10. The van der Waals surface area contributed by atoms with Crippen molar-refractivity contribution in [2.24, 2.45) is 5.92 Å². The molecule has 8 heteroatoms. The molecule has 0 unspecified atom stereocenters. The summed E-state index contributed by atoms with van der Waals surface area (Å²) in [6, 6.07) is 13.9. The van der Waals surface area contributed by atoms with Gasteiger partial charge < -0.3 is 20.1 Å². The molecule has 0 saturated carbocycles. The first-order valence-corrected chi connectivity index (χ1v) is 10.5. The van der Waals surface area contributed by atoms with Crippen LogP contribution in [0.3, 0.4) is 0 Å². The number of nitrogens with one attached hydrogen (secondary N) is 3. The molecule has 0 radical (unpaired) electrons. The first kappa shape index (κ1) is 24.3. The number of carbonyl (C=O) groups is 2. The van der Waals surface area contributed by atoms with Gasteiger partial charge in [-0.05, 0) is 54.9 Å². The molecule has 0 aliphatic rings. The Kier molecular flexibility index (Phi) is 9.93. The first-order valence-electron chi connectivity index (χ1n) is 10.1. The number of anilines is 1. The summed E-state index contributed by atoms with van der Waals surface area (Å²) in [4.78, 5) is 25.0. The topological polar surface area (TPSA) is 88.7 Å². The molecule has 2 rings (SSSR count). The van der Waals surface area contributed by atoms with Crippen molar-refractivity contribution >= 4 is 34.8 Å². The normalized spacial score (nSPS) is 10.5. The zero-order valence-electron chi connectivity index (χ0n) is 18.1. The van der Waals surface area contributed by atoms with E-state index in [2.05, 4.69) is 29.8 Å². The van der Waals surface area contributed by atoms with Crippen LogP contribution in [0.15, 0.2) is 48.5 Å². The summed E-state index contributed by atoms with van der Waals surface area (Å²) >= 11 is 5.28. The van der Waals surface area contributed by atoms with E-state index in [1.54, 1.807) is 55.6 Å². The van der Waals surface area contributed by atoms with Gasteiger partial charge in [-0.3, -0.25) is 14.9 Å². The summed E-state index contributed by atoms with van der Waals surface area (Å²) in [6.45, 7) is 5.74. The van der Waals surface area contributed by atoms with E-state index in [9.17, 15) is 9.59 Å². The first-order chi connectivity index (χ1) is 14.9. The van der Waals surface area contributed by atoms with Gasteiger partial charge in [0.2, 0.25) is 0 Å². The molecule has 3 N–H and O–H groups in total. The van der Waals surface area contributed by atoms with Crippen molar-refractivity contribution in [3.05, 3.63) is 59.7 Å². The summed E-state index contributed by atoms with van der Waals surface area (Å²) in [6.07, 6.45) is 0.715. The molecule has 0 heterocycles. The highest BCUT2D eigenvalue weighted by atomic mass is 32.1. The Balaban J connectivity index is 1.97. The molecular weight excluding hydrogens is 414 g/mol. The average molecular weight is 444 g/mol. The third kappa shape index (κ3) is 8.35. The van der Waals surface area contributed by atoms with Crippen LogP contribution in [0.4, 0.5) is 5.69 Å². The summed E-state index contributed by atoms with van der Waals surface area (Å²) < 4.78 is 10.6. The number of carbonyl (C=O) groups excluding carboxylic acids is 2. The fourth-order valence-corrected chi connectivity index (χ4v) is 2.83. The van der Waals surface area contributed by atoms with E-state index in [1.165, 1.54) is 0 Å². The fraction of sp³-hybridized carbons (Fsp3) is 0.348. The van der Waals surface area contributed by atoms with Crippen LogP contribution < -0.4 is 20.7 Å². The van der Waals surface area contributed by atoms with Gasteiger partial charge in [-0.1, -0.05) is 32.0 Å². The monoisotopic (exact) mass is 443 g/mol. The van der Waals surface area contributed by atoms with Gasteiger partial charge in [0.25, 0.3) is 11.8 Å². The van der Waals surface area contributed by atoms with Gasteiger partial charge in [0, 0.05) is 25.8 Å². The third-order valence-corrected chi connectivity index (χ3v) is 4.34.